The molecule has 0 unspecified atom stereocenters. The first kappa shape index (κ1) is 12.7. The topological polar surface area (TPSA) is 54.5 Å². The Hall–Kier alpha value is -1.36. The number of sulfone groups is 1. The maximum atomic E-state index is 12.3. The summed E-state index contributed by atoms with van der Waals surface area (Å²) in [5.74, 6) is 0.202. The minimum absolute atomic E-state index is 0.0525. The lowest BCUT2D eigenvalue weighted by atomic mass is 10.1. The van der Waals surface area contributed by atoms with Gasteiger partial charge in [-0.2, -0.15) is 0 Å². The van der Waals surface area contributed by atoms with Gasteiger partial charge >= 0.3 is 0 Å². The fourth-order valence-corrected chi connectivity index (χ4v) is 5.10. The molecule has 2 aliphatic heterocycles. The summed E-state index contributed by atoms with van der Waals surface area (Å²) in [6, 6.07) is 7.73. The number of hydrogen-bond acceptors (Lipinski definition) is 3. The normalized spacial score (nSPS) is 27.7. The number of nitrogens with zero attached hydrogens (tertiary/aromatic N) is 1. The molecule has 0 aliphatic carbocycles. The van der Waals surface area contributed by atoms with E-state index in [-0.39, 0.29) is 23.0 Å². The van der Waals surface area contributed by atoms with Crippen molar-refractivity contribution >= 4 is 15.7 Å². The largest absolute Gasteiger partial charge is 0.337 e. The fourth-order valence-electron chi connectivity index (χ4n) is 3.07. The molecule has 19 heavy (non-hydrogen) atoms. The molecule has 1 aromatic carbocycles. The highest BCUT2D eigenvalue weighted by Crippen LogP contribution is 2.33. The van der Waals surface area contributed by atoms with Crippen LogP contribution in [0.1, 0.15) is 17.5 Å². The lowest BCUT2D eigenvalue weighted by molar-refractivity contribution is -0.131. The summed E-state index contributed by atoms with van der Waals surface area (Å²) in [7, 11) is -2.93. The van der Waals surface area contributed by atoms with Gasteiger partial charge in [-0.1, -0.05) is 24.3 Å². The standard InChI is InChI=1S/C14H17NO3S/c1-10-4-2-3-5-11(10)6-14(16)15-8-13-7-12(15)9-19(13,17)18/h2-5,12-13H,6-9H2,1H3/t12-,13+/m0/s1. The third kappa shape index (κ3) is 2.16. The predicted octanol–water partition coefficient (Wildman–Crippen LogP) is 0.935. The van der Waals surface area contributed by atoms with Crippen LogP contribution in [-0.2, 0) is 21.1 Å². The number of hydrogen-bond donors (Lipinski definition) is 0. The van der Waals surface area contributed by atoms with Gasteiger partial charge in [0.25, 0.3) is 0 Å². The lowest BCUT2D eigenvalue weighted by Gasteiger charge is -2.27. The Morgan fingerprint density at radius 3 is 2.68 bits per heavy atom. The average Bonchev–Trinajstić information content (AvgIpc) is 2.87. The van der Waals surface area contributed by atoms with E-state index >= 15 is 0 Å². The summed E-state index contributed by atoms with van der Waals surface area (Å²) in [6.07, 6.45) is 0.998. The first-order valence-electron chi connectivity index (χ1n) is 6.53. The maximum Gasteiger partial charge on any atom is 0.227 e. The van der Waals surface area contributed by atoms with Gasteiger partial charge in [0.05, 0.1) is 17.4 Å². The van der Waals surface area contributed by atoms with Crippen LogP contribution in [0.3, 0.4) is 0 Å². The van der Waals surface area contributed by atoms with Gasteiger partial charge in [-0.05, 0) is 24.5 Å². The van der Waals surface area contributed by atoms with Crippen LogP contribution >= 0.6 is 0 Å². The van der Waals surface area contributed by atoms with Crippen LogP contribution < -0.4 is 0 Å². The van der Waals surface area contributed by atoms with Gasteiger partial charge in [0.15, 0.2) is 9.84 Å². The van der Waals surface area contributed by atoms with Gasteiger partial charge in [0, 0.05) is 12.6 Å². The van der Waals surface area contributed by atoms with Crippen LogP contribution in [-0.4, -0.2) is 42.8 Å². The first-order chi connectivity index (χ1) is 8.97. The van der Waals surface area contributed by atoms with Crippen molar-refractivity contribution in [1.82, 2.24) is 4.90 Å². The first-order valence-corrected chi connectivity index (χ1v) is 8.24. The van der Waals surface area contributed by atoms with Crippen molar-refractivity contribution in [1.29, 1.82) is 0 Å². The van der Waals surface area contributed by atoms with Crippen molar-refractivity contribution in [3.05, 3.63) is 35.4 Å². The second-order valence-electron chi connectivity index (χ2n) is 5.49. The molecule has 102 valence electrons. The Bertz CT molecular complexity index is 623. The Labute approximate surface area is 113 Å². The number of fused-ring (bicyclic) bond motifs is 2. The van der Waals surface area contributed by atoms with E-state index in [1.54, 1.807) is 4.90 Å². The summed E-state index contributed by atoms with van der Waals surface area (Å²) in [5, 5.41) is -0.321. The van der Waals surface area contributed by atoms with Gasteiger partial charge in [-0.3, -0.25) is 4.79 Å². The van der Waals surface area contributed by atoms with E-state index in [0.717, 1.165) is 11.1 Å². The third-order valence-corrected chi connectivity index (χ3v) is 6.44. The Balaban J connectivity index is 1.73. The molecule has 2 bridgehead atoms. The molecule has 4 nitrogen and oxygen atoms in total. The summed E-state index contributed by atoms with van der Waals surface area (Å²) in [4.78, 5) is 14.1. The van der Waals surface area contributed by atoms with Gasteiger partial charge < -0.3 is 4.90 Å². The van der Waals surface area contributed by atoms with E-state index in [1.807, 2.05) is 31.2 Å². The number of aryl methyl sites for hydroxylation is 1. The monoisotopic (exact) mass is 279 g/mol. The third-order valence-electron chi connectivity index (χ3n) is 4.23. The lowest BCUT2D eigenvalue weighted by Crippen LogP contribution is -2.44. The average molecular weight is 279 g/mol. The van der Waals surface area contributed by atoms with Crippen LogP contribution in [0.25, 0.3) is 0 Å². The van der Waals surface area contributed by atoms with Gasteiger partial charge in [0.2, 0.25) is 5.91 Å². The van der Waals surface area contributed by atoms with Gasteiger partial charge in [0.1, 0.15) is 0 Å². The molecule has 0 radical (unpaired) electrons. The number of carbonyl (C=O) groups excluding carboxylic acids is 1. The molecule has 0 spiro atoms. The smallest absolute Gasteiger partial charge is 0.227 e. The van der Waals surface area contributed by atoms with Crippen molar-refractivity contribution in [3.63, 3.8) is 0 Å². The van der Waals surface area contributed by atoms with Crippen molar-refractivity contribution in [3.8, 4) is 0 Å². The molecule has 1 amide bonds. The molecule has 2 saturated heterocycles. The molecular weight excluding hydrogens is 262 g/mol. The maximum absolute atomic E-state index is 12.3. The SMILES string of the molecule is Cc1ccccc1CC(=O)N1C[C@H]2C[C@H]1CS2(=O)=O. The van der Waals surface area contributed by atoms with Gasteiger partial charge in [-0.25, -0.2) is 8.42 Å². The molecule has 2 atom stereocenters. The van der Waals surface area contributed by atoms with Crippen molar-refractivity contribution < 1.29 is 13.2 Å². The van der Waals surface area contributed by atoms with Crippen LogP contribution in [0.2, 0.25) is 0 Å². The zero-order valence-electron chi connectivity index (χ0n) is 10.9. The predicted molar refractivity (Wildman–Crippen MR) is 72.6 cm³/mol. The van der Waals surface area contributed by atoms with E-state index in [2.05, 4.69) is 0 Å². The summed E-state index contributed by atoms with van der Waals surface area (Å²) >= 11 is 0. The number of likely N-dealkylation sites (tertiary alicyclic amines) is 1. The number of benzene rings is 1. The Morgan fingerprint density at radius 1 is 1.37 bits per heavy atom. The fraction of sp³-hybridized carbons (Fsp3) is 0.500. The van der Waals surface area contributed by atoms with Crippen molar-refractivity contribution in [2.24, 2.45) is 0 Å². The highest BCUT2D eigenvalue weighted by atomic mass is 32.2. The summed E-state index contributed by atoms with van der Waals surface area (Å²) in [6.45, 7) is 2.38. The van der Waals surface area contributed by atoms with Crippen LogP contribution in [0, 0.1) is 6.92 Å². The van der Waals surface area contributed by atoms with Gasteiger partial charge in [-0.15, -0.1) is 0 Å². The highest BCUT2D eigenvalue weighted by Gasteiger charge is 2.49. The van der Waals surface area contributed by atoms with Crippen molar-refractivity contribution in [2.45, 2.75) is 31.1 Å². The van der Waals surface area contributed by atoms with Crippen LogP contribution in [0.5, 0.6) is 0 Å². The molecule has 0 saturated carbocycles. The van der Waals surface area contributed by atoms with E-state index in [0.29, 0.717) is 19.4 Å². The second kappa shape index (κ2) is 4.34. The summed E-state index contributed by atoms with van der Waals surface area (Å²) < 4.78 is 23.3. The molecule has 0 aromatic heterocycles. The van der Waals surface area contributed by atoms with E-state index in [9.17, 15) is 13.2 Å². The molecule has 2 aliphatic rings. The Morgan fingerprint density at radius 2 is 2.11 bits per heavy atom. The Kier molecular flexibility index (Phi) is 2.89. The molecule has 3 rings (SSSR count). The molecule has 5 heteroatoms. The number of carbonyl (C=O) groups is 1. The summed E-state index contributed by atoms with van der Waals surface area (Å²) in [5.41, 5.74) is 2.13. The number of amides is 1. The van der Waals surface area contributed by atoms with E-state index in [1.165, 1.54) is 0 Å². The van der Waals surface area contributed by atoms with E-state index in [4.69, 9.17) is 0 Å². The molecule has 0 N–H and O–H groups in total. The van der Waals surface area contributed by atoms with E-state index < -0.39 is 9.84 Å². The minimum Gasteiger partial charge on any atom is -0.337 e. The van der Waals surface area contributed by atoms with Crippen LogP contribution in [0.4, 0.5) is 0 Å². The quantitative estimate of drug-likeness (QED) is 0.809. The number of rotatable bonds is 2. The minimum atomic E-state index is -2.93. The molecule has 2 heterocycles. The zero-order chi connectivity index (χ0) is 13.6. The highest BCUT2D eigenvalue weighted by molar-refractivity contribution is 7.92. The van der Waals surface area contributed by atoms with Crippen molar-refractivity contribution in [2.75, 3.05) is 12.3 Å². The molecular formula is C14H17NO3S. The van der Waals surface area contributed by atoms with Crippen LogP contribution in [0.15, 0.2) is 24.3 Å². The molecule has 1 aromatic rings. The second-order valence-corrected chi connectivity index (χ2v) is 7.82. The molecule has 2 fully saturated rings. The zero-order valence-corrected chi connectivity index (χ0v) is 11.7.